The van der Waals surface area contributed by atoms with Crippen molar-refractivity contribution in [2.24, 2.45) is 0 Å². The van der Waals surface area contributed by atoms with E-state index < -0.39 is 5.82 Å². The molecule has 112 valence electrons. The van der Waals surface area contributed by atoms with Gasteiger partial charge in [0.1, 0.15) is 0 Å². The fraction of sp³-hybridized carbons (Fsp3) is 0.250. The molecule has 2 aromatic carbocycles. The molecule has 1 N–H and O–H groups in total. The number of nitrogens with one attached hydrogen (secondary N) is 1. The summed E-state index contributed by atoms with van der Waals surface area (Å²) in [6.07, 6.45) is 0. The molecule has 0 saturated carbocycles. The molecule has 0 saturated heterocycles. The maximum atomic E-state index is 13.8. The lowest BCUT2D eigenvalue weighted by molar-refractivity contribution is 0.310. The fourth-order valence-electron chi connectivity index (χ4n) is 1.93. The zero-order valence-corrected chi connectivity index (χ0v) is 12.7. The van der Waals surface area contributed by atoms with Crippen molar-refractivity contribution in [1.29, 1.82) is 0 Å². The first kappa shape index (κ1) is 15.4. The van der Waals surface area contributed by atoms with E-state index in [1.807, 2.05) is 25.1 Å². The maximum absolute atomic E-state index is 13.8. The highest BCUT2D eigenvalue weighted by atomic mass is 35.5. The maximum Gasteiger partial charge on any atom is 0.164 e. The van der Waals surface area contributed by atoms with E-state index in [1.54, 1.807) is 19.2 Å². The number of benzene rings is 2. The van der Waals surface area contributed by atoms with E-state index >= 15 is 0 Å². The largest absolute Gasteiger partial charge is 0.493 e. The molecule has 0 aliphatic heterocycles. The minimum atomic E-state index is -0.447. The van der Waals surface area contributed by atoms with Gasteiger partial charge in [-0.2, -0.15) is 0 Å². The zero-order valence-electron chi connectivity index (χ0n) is 12.0. The monoisotopic (exact) mass is 309 g/mol. The average Bonchev–Trinajstić information content (AvgIpc) is 2.50. The van der Waals surface area contributed by atoms with Crippen molar-refractivity contribution >= 4 is 17.3 Å². The van der Waals surface area contributed by atoms with Crippen LogP contribution in [-0.4, -0.2) is 13.7 Å². The van der Waals surface area contributed by atoms with Crippen molar-refractivity contribution in [1.82, 2.24) is 0 Å². The van der Waals surface area contributed by atoms with E-state index in [0.717, 1.165) is 5.56 Å². The number of halogens is 2. The molecule has 0 radical (unpaired) electrons. The van der Waals surface area contributed by atoms with Crippen LogP contribution in [0.15, 0.2) is 36.4 Å². The van der Waals surface area contributed by atoms with Crippen LogP contribution in [0.1, 0.15) is 12.5 Å². The summed E-state index contributed by atoms with van der Waals surface area (Å²) in [5.41, 5.74) is 1.32. The Balaban J connectivity index is 2.11. The van der Waals surface area contributed by atoms with Crippen molar-refractivity contribution < 1.29 is 13.9 Å². The minimum Gasteiger partial charge on any atom is -0.493 e. The van der Waals surface area contributed by atoms with Crippen LogP contribution in [-0.2, 0) is 6.54 Å². The average molecular weight is 310 g/mol. The summed E-state index contributed by atoms with van der Waals surface area (Å²) < 4.78 is 24.5. The Morgan fingerprint density at radius 3 is 2.71 bits per heavy atom. The van der Waals surface area contributed by atoms with Crippen molar-refractivity contribution in [2.75, 3.05) is 19.0 Å². The Morgan fingerprint density at radius 2 is 2.00 bits per heavy atom. The number of ether oxygens (including phenoxy) is 2. The highest BCUT2D eigenvalue weighted by molar-refractivity contribution is 6.31. The summed E-state index contributed by atoms with van der Waals surface area (Å²) in [6, 6.07) is 10.5. The quantitative estimate of drug-likeness (QED) is 0.852. The van der Waals surface area contributed by atoms with Crippen molar-refractivity contribution in [3.63, 3.8) is 0 Å². The Bertz CT molecular complexity index is 619. The first-order valence-electron chi connectivity index (χ1n) is 6.63. The summed E-state index contributed by atoms with van der Waals surface area (Å²) in [6.45, 7) is 2.94. The van der Waals surface area contributed by atoms with Crippen molar-refractivity contribution in [3.05, 3.63) is 52.8 Å². The highest BCUT2D eigenvalue weighted by Gasteiger charge is 2.08. The first-order chi connectivity index (χ1) is 10.2. The lowest BCUT2D eigenvalue weighted by Crippen LogP contribution is -2.03. The molecular weight excluding hydrogens is 293 g/mol. The van der Waals surface area contributed by atoms with Gasteiger partial charge in [0, 0.05) is 6.54 Å². The standard InChI is InChI=1S/C16H17ClFNO2/c1-3-21-14-8-7-11(9-15(14)20-2)10-19-13-6-4-5-12(17)16(13)18/h4-9,19H,3,10H2,1-2H3. The molecule has 3 nitrogen and oxygen atoms in total. The first-order valence-corrected chi connectivity index (χ1v) is 7.01. The minimum absolute atomic E-state index is 0.101. The molecule has 0 heterocycles. The Labute approximate surface area is 128 Å². The van der Waals surface area contributed by atoms with Gasteiger partial charge in [0.2, 0.25) is 0 Å². The zero-order chi connectivity index (χ0) is 15.2. The van der Waals surface area contributed by atoms with Gasteiger partial charge in [0.25, 0.3) is 0 Å². The third kappa shape index (κ3) is 3.79. The molecule has 0 unspecified atom stereocenters. The van der Waals surface area contributed by atoms with Crippen LogP contribution in [0.4, 0.5) is 10.1 Å². The molecule has 0 atom stereocenters. The summed E-state index contributed by atoms with van der Waals surface area (Å²) in [4.78, 5) is 0. The third-order valence-electron chi connectivity index (χ3n) is 2.96. The number of methoxy groups -OCH3 is 1. The second kappa shape index (κ2) is 7.18. The van der Waals surface area contributed by atoms with E-state index in [-0.39, 0.29) is 5.02 Å². The number of anilines is 1. The number of hydrogen-bond donors (Lipinski definition) is 1. The molecule has 2 rings (SSSR count). The van der Waals surface area contributed by atoms with Gasteiger partial charge in [0.05, 0.1) is 24.4 Å². The van der Waals surface area contributed by atoms with Crippen molar-refractivity contribution in [2.45, 2.75) is 13.5 Å². The number of rotatable bonds is 6. The molecule has 0 aliphatic rings. The van der Waals surface area contributed by atoms with E-state index in [0.29, 0.717) is 30.3 Å². The van der Waals surface area contributed by atoms with E-state index in [4.69, 9.17) is 21.1 Å². The molecule has 0 bridgehead atoms. The predicted octanol–water partition coefficient (Wildman–Crippen LogP) is 4.50. The Morgan fingerprint density at radius 1 is 1.19 bits per heavy atom. The smallest absolute Gasteiger partial charge is 0.164 e. The molecule has 0 aliphatic carbocycles. The van der Waals surface area contributed by atoms with Crippen molar-refractivity contribution in [3.8, 4) is 11.5 Å². The van der Waals surface area contributed by atoms with Crippen LogP contribution < -0.4 is 14.8 Å². The van der Waals surface area contributed by atoms with Crippen LogP contribution in [0.5, 0.6) is 11.5 Å². The third-order valence-corrected chi connectivity index (χ3v) is 3.25. The van der Waals surface area contributed by atoms with E-state index in [1.165, 1.54) is 6.07 Å². The second-order valence-corrected chi connectivity index (χ2v) is 4.78. The molecule has 2 aromatic rings. The van der Waals surface area contributed by atoms with Gasteiger partial charge in [-0.15, -0.1) is 0 Å². The second-order valence-electron chi connectivity index (χ2n) is 4.37. The molecular formula is C16H17ClFNO2. The van der Waals surface area contributed by atoms with E-state index in [2.05, 4.69) is 5.32 Å². The lowest BCUT2D eigenvalue weighted by atomic mass is 10.2. The molecule has 0 spiro atoms. The van der Waals surface area contributed by atoms with Gasteiger partial charge in [-0.3, -0.25) is 0 Å². The summed E-state index contributed by atoms with van der Waals surface area (Å²) in [7, 11) is 1.59. The SMILES string of the molecule is CCOc1ccc(CNc2cccc(Cl)c2F)cc1OC. The molecule has 0 aromatic heterocycles. The number of hydrogen-bond acceptors (Lipinski definition) is 3. The predicted molar refractivity (Wildman–Crippen MR) is 82.9 cm³/mol. The molecule has 21 heavy (non-hydrogen) atoms. The van der Waals surface area contributed by atoms with E-state index in [9.17, 15) is 4.39 Å². The lowest BCUT2D eigenvalue weighted by Gasteiger charge is -2.12. The molecule has 0 fully saturated rings. The summed E-state index contributed by atoms with van der Waals surface area (Å²) in [5, 5.41) is 3.12. The molecule has 5 heteroatoms. The van der Waals surface area contributed by atoms with Gasteiger partial charge in [-0.05, 0) is 36.8 Å². The summed E-state index contributed by atoms with van der Waals surface area (Å²) in [5.74, 6) is 0.900. The van der Waals surface area contributed by atoms with Crippen LogP contribution in [0, 0.1) is 5.82 Å². The van der Waals surface area contributed by atoms with Gasteiger partial charge in [-0.1, -0.05) is 23.7 Å². The molecule has 0 amide bonds. The van der Waals surface area contributed by atoms with Gasteiger partial charge in [-0.25, -0.2) is 4.39 Å². The van der Waals surface area contributed by atoms with Gasteiger partial charge < -0.3 is 14.8 Å². The Kier molecular flexibility index (Phi) is 5.28. The van der Waals surface area contributed by atoms with Crippen LogP contribution in [0.25, 0.3) is 0 Å². The van der Waals surface area contributed by atoms with Gasteiger partial charge in [0.15, 0.2) is 17.3 Å². The van der Waals surface area contributed by atoms with Crippen LogP contribution in [0.3, 0.4) is 0 Å². The topological polar surface area (TPSA) is 30.5 Å². The Hall–Kier alpha value is -1.94. The van der Waals surface area contributed by atoms with Crippen LogP contribution >= 0.6 is 11.6 Å². The normalized spacial score (nSPS) is 10.3. The summed E-state index contributed by atoms with van der Waals surface area (Å²) >= 11 is 5.75. The fourth-order valence-corrected chi connectivity index (χ4v) is 2.11. The van der Waals surface area contributed by atoms with Gasteiger partial charge >= 0.3 is 0 Å². The van der Waals surface area contributed by atoms with Crippen LogP contribution in [0.2, 0.25) is 5.02 Å². The highest BCUT2D eigenvalue weighted by Crippen LogP contribution is 2.29.